The average Bonchev–Trinajstić information content (AvgIpc) is 2.56. The van der Waals surface area contributed by atoms with Gasteiger partial charge in [0, 0.05) is 10.7 Å². The average molecular weight is 324 g/mol. The molecule has 0 saturated carbocycles. The SMILES string of the molecule is C\C=C/C(=C(\C=C\CC)c1ccc(Cl)cc1)c1ccc(N)cc1. The fourth-order valence-corrected chi connectivity index (χ4v) is 2.50. The highest BCUT2D eigenvalue weighted by atomic mass is 35.5. The van der Waals surface area contributed by atoms with E-state index in [1.165, 1.54) is 11.1 Å². The number of hydrogen-bond acceptors (Lipinski definition) is 1. The van der Waals surface area contributed by atoms with Crippen molar-refractivity contribution in [1.82, 2.24) is 0 Å². The second kappa shape index (κ2) is 8.40. The van der Waals surface area contributed by atoms with Crippen molar-refractivity contribution in [2.24, 2.45) is 0 Å². The van der Waals surface area contributed by atoms with Crippen LogP contribution in [0.1, 0.15) is 31.4 Å². The van der Waals surface area contributed by atoms with Crippen molar-refractivity contribution in [3.8, 4) is 0 Å². The first kappa shape index (κ1) is 17.1. The number of nitrogen functional groups attached to an aromatic ring is 1. The number of hydrogen-bond donors (Lipinski definition) is 1. The van der Waals surface area contributed by atoms with Crippen LogP contribution in [0.3, 0.4) is 0 Å². The maximum atomic E-state index is 6.03. The topological polar surface area (TPSA) is 26.0 Å². The van der Waals surface area contributed by atoms with E-state index in [0.717, 1.165) is 28.3 Å². The van der Waals surface area contributed by atoms with E-state index < -0.39 is 0 Å². The lowest BCUT2D eigenvalue weighted by atomic mass is 9.93. The van der Waals surface area contributed by atoms with Crippen molar-refractivity contribution in [2.45, 2.75) is 20.3 Å². The molecule has 0 bridgehead atoms. The smallest absolute Gasteiger partial charge is 0.0406 e. The summed E-state index contributed by atoms with van der Waals surface area (Å²) in [5, 5.41) is 0.743. The Morgan fingerprint density at radius 1 is 0.913 bits per heavy atom. The van der Waals surface area contributed by atoms with Gasteiger partial charge in [-0.15, -0.1) is 0 Å². The Hall–Kier alpha value is -2.25. The Morgan fingerprint density at radius 3 is 1.96 bits per heavy atom. The molecule has 0 radical (unpaired) electrons. The quantitative estimate of drug-likeness (QED) is 0.386. The highest BCUT2D eigenvalue weighted by Gasteiger charge is 2.07. The number of nitrogens with two attached hydrogens (primary N) is 1. The molecule has 0 aliphatic heterocycles. The molecule has 2 aromatic rings. The molecule has 0 unspecified atom stereocenters. The third-order valence-electron chi connectivity index (χ3n) is 3.52. The Morgan fingerprint density at radius 2 is 1.43 bits per heavy atom. The Bertz CT molecular complexity index is 719. The zero-order chi connectivity index (χ0) is 16.7. The molecular formula is C21H22ClN. The zero-order valence-electron chi connectivity index (χ0n) is 13.6. The summed E-state index contributed by atoms with van der Waals surface area (Å²) in [4.78, 5) is 0. The summed E-state index contributed by atoms with van der Waals surface area (Å²) in [7, 11) is 0. The number of benzene rings is 2. The fourth-order valence-electron chi connectivity index (χ4n) is 2.38. The standard InChI is InChI=1S/C21H22ClN/c1-3-5-7-21(16-8-12-18(22)13-9-16)20(6-4-2)17-10-14-19(23)15-11-17/h4-15H,3,23H2,1-2H3/b6-4-,7-5+,21-20-. The molecule has 0 aliphatic rings. The van der Waals surface area contributed by atoms with Gasteiger partial charge in [0.2, 0.25) is 0 Å². The first-order valence-electron chi connectivity index (χ1n) is 7.81. The second-order valence-corrected chi connectivity index (χ2v) is 5.70. The van der Waals surface area contributed by atoms with Gasteiger partial charge < -0.3 is 5.73 Å². The molecule has 0 saturated heterocycles. The molecule has 2 heteroatoms. The van der Waals surface area contributed by atoms with E-state index in [1.54, 1.807) is 0 Å². The monoisotopic (exact) mass is 323 g/mol. The van der Waals surface area contributed by atoms with Gasteiger partial charge in [-0.1, -0.05) is 67.1 Å². The minimum Gasteiger partial charge on any atom is -0.399 e. The molecule has 0 spiro atoms. The molecule has 2 aromatic carbocycles. The molecule has 0 aliphatic carbocycles. The Balaban J connectivity index is 2.66. The van der Waals surface area contributed by atoms with Gasteiger partial charge in [0.05, 0.1) is 0 Å². The minimum absolute atomic E-state index is 0.743. The molecule has 0 amide bonds. The van der Waals surface area contributed by atoms with Crippen LogP contribution in [0.4, 0.5) is 5.69 Å². The number of halogens is 1. The van der Waals surface area contributed by atoms with E-state index >= 15 is 0 Å². The van der Waals surface area contributed by atoms with E-state index in [4.69, 9.17) is 17.3 Å². The Kier molecular flexibility index (Phi) is 6.25. The largest absolute Gasteiger partial charge is 0.399 e. The molecule has 2 rings (SSSR count). The van der Waals surface area contributed by atoms with Gasteiger partial charge in [0.25, 0.3) is 0 Å². The fraction of sp³-hybridized carbons (Fsp3) is 0.143. The first-order valence-corrected chi connectivity index (χ1v) is 8.19. The zero-order valence-corrected chi connectivity index (χ0v) is 14.3. The molecule has 118 valence electrons. The van der Waals surface area contributed by atoms with Crippen molar-refractivity contribution in [3.63, 3.8) is 0 Å². The van der Waals surface area contributed by atoms with E-state index in [-0.39, 0.29) is 0 Å². The minimum atomic E-state index is 0.743. The van der Waals surface area contributed by atoms with Gasteiger partial charge >= 0.3 is 0 Å². The van der Waals surface area contributed by atoms with Crippen molar-refractivity contribution in [1.29, 1.82) is 0 Å². The van der Waals surface area contributed by atoms with E-state index in [2.05, 4.69) is 55.5 Å². The lowest BCUT2D eigenvalue weighted by Crippen LogP contribution is -1.91. The summed E-state index contributed by atoms with van der Waals surface area (Å²) in [6.45, 7) is 4.16. The number of rotatable bonds is 5. The molecule has 0 aromatic heterocycles. The van der Waals surface area contributed by atoms with Crippen molar-refractivity contribution < 1.29 is 0 Å². The third kappa shape index (κ3) is 4.61. The highest BCUT2D eigenvalue weighted by Crippen LogP contribution is 2.30. The van der Waals surface area contributed by atoms with Gasteiger partial charge in [-0.2, -0.15) is 0 Å². The molecular weight excluding hydrogens is 302 g/mol. The van der Waals surface area contributed by atoms with E-state index in [0.29, 0.717) is 0 Å². The molecule has 0 heterocycles. The van der Waals surface area contributed by atoms with Gasteiger partial charge in [-0.25, -0.2) is 0 Å². The third-order valence-corrected chi connectivity index (χ3v) is 3.77. The normalized spacial score (nSPS) is 12.8. The lowest BCUT2D eigenvalue weighted by Gasteiger charge is -2.11. The predicted octanol–water partition coefficient (Wildman–Crippen LogP) is 6.38. The van der Waals surface area contributed by atoms with E-state index in [1.807, 2.05) is 31.2 Å². The van der Waals surface area contributed by atoms with Crippen molar-refractivity contribution in [2.75, 3.05) is 5.73 Å². The van der Waals surface area contributed by atoms with Gasteiger partial charge in [0.1, 0.15) is 0 Å². The molecule has 2 N–H and O–H groups in total. The maximum absolute atomic E-state index is 6.03. The molecule has 23 heavy (non-hydrogen) atoms. The summed E-state index contributed by atoms with van der Waals surface area (Å²) in [5.41, 5.74) is 11.2. The van der Waals surface area contributed by atoms with Crippen LogP contribution in [-0.2, 0) is 0 Å². The van der Waals surface area contributed by atoms with Crippen molar-refractivity contribution >= 4 is 28.4 Å². The predicted molar refractivity (Wildman–Crippen MR) is 103 cm³/mol. The molecule has 0 atom stereocenters. The summed E-state index contributed by atoms with van der Waals surface area (Å²) in [5.74, 6) is 0. The second-order valence-electron chi connectivity index (χ2n) is 5.27. The number of anilines is 1. The van der Waals surface area contributed by atoms with Crippen LogP contribution < -0.4 is 5.73 Å². The van der Waals surface area contributed by atoms with Crippen LogP contribution >= 0.6 is 11.6 Å². The van der Waals surface area contributed by atoms with Crippen LogP contribution in [0.5, 0.6) is 0 Å². The van der Waals surface area contributed by atoms with Crippen LogP contribution in [0.25, 0.3) is 11.1 Å². The van der Waals surface area contributed by atoms with Crippen LogP contribution in [-0.4, -0.2) is 0 Å². The van der Waals surface area contributed by atoms with Crippen LogP contribution in [0.2, 0.25) is 5.02 Å². The lowest BCUT2D eigenvalue weighted by molar-refractivity contribution is 1.22. The van der Waals surface area contributed by atoms with Gasteiger partial charge in [-0.05, 0) is 59.9 Å². The van der Waals surface area contributed by atoms with Gasteiger partial charge in [0.15, 0.2) is 0 Å². The maximum Gasteiger partial charge on any atom is 0.0406 e. The first-order chi connectivity index (χ1) is 11.2. The summed E-state index contributed by atoms with van der Waals surface area (Å²) in [6.07, 6.45) is 9.53. The summed E-state index contributed by atoms with van der Waals surface area (Å²) >= 11 is 6.03. The summed E-state index contributed by atoms with van der Waals surface area (Å²) < 4.78 is 0. The van der Waals surface area contributed by atoms with Gasteiger partial charge in [-0.3, -0.25) is 0 Å². The van der Waals surface area contributed by atoms with Crippen molar-refractivity contribution in [3.05, 3.63) is 89.0 Å². The van der Waals surface area contributed by atoms with E-state index in [9.17, 15) is 0 Å². The Labute approximate surface area is 143 Å². The van der Waals surface area contributed by atoms with Crippen LogP contribution in [0, 0.1) is 0 Å². The summed E-state index contributed by atoms with van der Waals surface area (Å²) in [6, 6.07) is 15.9. The highest BCUT2D eigenvalue weighted by molar-refractivity contribution is 6.30. The molecule has 1 nitrogen and oxygen atoms in total. The number of allylic oxidation sites excluding steroid dienone is 6. The van der Waals surface area contributed by atoms with Crippen LogP contribution in [0.15, 0.2) is 72.8 Å². The molecule has 0 fully saturated rings.